The molecule has 0 saturated heterocycles. The molecule has 13 heavy (non-hydrogen) atoms. The molecule has 0 fully saturated rings. The highest BCUT2D eigenvalue weighted by Gasteiger charge is 2.38. The Morgan fingerprint density at radius 1 is 1.62 bits per heavy atom. The smallest absolute Gasteiger partial charge is 0.289 e. The minimum atomic E-state index is -4.77. The van der Waals surface area contributed by atoms with Gasteiger partial charge in [-0.15, -0.1) is 11.3 Å². The Kier molecular flexibility index (Phi) is 3.07. The first kappa shape index (κ1) is 10.6. The lowest BCUT2D eigenvalue weighted by Gasteiger charge is -2.01. The fourth-order valence-electron chi connectivity index (χ4n) is 0.628. The summed E-state index contributed by atoms with van der Waals surface area (Å²) in [5.74, 6) is -1.77. The first-order valence-corrected chi connectivity index (χ1v) is 4.77. The molecular weight excluding hydrogens is 271 g/mol. The number of aromatic nitrogens is 1. The SMILES string of the molecule is O=C(Cc1csc(Br)n1)C(F)(F)F. The van der Waals surface area contributed by atoms with E-state index in [1.165, 1.54) is 5.38 Å². The number of ketones is 1. The van der Waals surface area contributed by atoms with Crippen molar-refractivity contribution in [1.82, 2.24) is 4.98 Å². The van der Waals surface area contributed by atoms with Gasteiger partial charge in [-0.2, -0.15) is 13.2 Å². The van der Waals surface area contributed by atoms with Crippen LogP contribution in [0.15, 0.2) is 9.30 Å². The molecule has 72 valence electrons. The van der Waals surface area contributed by atoms with Crippen molar-refractivity contribution < 1.29 is 18.0 Å². The van der Waals surface area contributed by atoms with Crippen LogP contribution in [0.2, 0.25) is 0 Å². The van der Waals surface area contributed by atoms with Gasteiger partial charge in [-0.3, -0.25) is 4.79 Å². The number of Topliss-reactive ketones (excluding diaryl/α,β-unsaturated/α-hetero) is 1. The molecule has 1 rings (SSSR count). The molecule has 2 nitrogen and oxygen atoms in total. The summed E-state index contributed by atoms with van der Waals surface area (Å²) in [6, 6.07) is 0. The number of rotatable bonds is 2. The molecule has 0 N–H and O–H groups in total. The van der Waals surface area contributed by atoms with E-state index in [1.807, 2.05) is 0 Å². The fraction of sp³-hybridized carbons (Fsp3) is 0.333. The summed E-state index contributed by atoms with van der Waals surface area (Å²) >= 11 is 4.13. The molecule has 0 radical (unpaired) electrons. The minimum Gasteiger partial charge on any atom is -0.289 e. The normalized spacial score (nSPS) is 11.7. The molecule has 1 aromatic rings. The van der Waals surface area contributed by atoms with Gasteiger partial charge in [0, 0.05) is 5.38 Å². The van der Waals surface area contributed by atoms with Crippen LogP contribution in [-0.4, -0.2) is 16.9 Å². The largest absolute Gasteiger partial charge is 0.450 e. The summed E-state index contributed by atoms with van der Waals surface area (Å²) in [5, 5.41) is 1.41. The summed E-state index contributed by atoms with van der Waals surface area (Å²) in [7, 11) is 0. The Morgan fingerprint density at radius 2 is 2.23 bits per heavy atom. The van der Waals surface area contributed by atoms with Crippen LogP contribution < -0.4 is 0 Å². The van der Waals surface area contributed by atoms with Crippen molar-refractivity contribution in [2.75, 3.05) is 0 Å². The van der Waals surface area contributed by atoms with E-state index in [1.54, 1.807) is 0 Å². The van der Waals surface area contributed by atoms with Crippen LogP contribution in [0.1, 0.15) is 5.69 Å². The molecule has 0 saturated carbocycles. The Morgan fingerprint density at radius 3 is 2.62 bits per heavy atom. The molecule has 7 heteroatoms. The highest BCUT2D eigenvalue weighted by molar-refractivity contribution is 9.11. The molecule has 0 aliphatic rings. The Balaban J connectivity index is 2.65. The Hall–Kier alpha value is -0.430. The molecule has 0 amide bonds. The predicted molar refractivity (Wildman–Crippen MR) is 44.6 cm³/mol. The topological polar surface area (TPSA) is 30.0 Å². The molecule has 1 heterocycles. The average Bonchev–Trinajstić information content (AvgIpc) is 2.33. The second-order valence-corrected chi connectivity index (χ2v) is 4.32. The van der Waals surface area contributed by atoms with Crippen molar-refractivity contribution in [3.05, 3.63) is 15.0 Å². The quantitative estimate of drug-likeness (QED) is 0.829. The number of alkyl halides is 3. The van der Waals surface area contributed by atoms with E-state index in [0.717, 1.165) is 11.3 Å². The van der Waals surface area contributed by atoms with Crippen LogP contribution in [0.25, 0.3) is 0 Å². The molecule has 0 aliphatic heterocycles. The number of halogens is 4. The highest BCUT2D eigenvalue weighted by atomic mass is 79.9. The third kappa shape index (κ3) is 3.07. The molecule has 0 aliphatic carbocycles. The zero-order chi connectivity index (χ0) is 10.1. The summed E-state index contributed by atoms with van der Waals surface area (Å²) < 4.78 is 35.7. The monoisotopic (exact) mass is 273 g/mol. The van der Waals surface area contributed by atoms with Gasteiger partial charge in [0.1, 0.15) is 0 Å². The number of carbonyl (C=O) groups excluding carboxylic acids is 1. The zero-order valence-electron chi connectivity index (χ0n) is 6.06. The number of hydrogen-bond donors (Lipinski definition) is 0. The van der Waals surface area contributed by atoms with Gasteiger partial charge in [-0.05, 0) is 15.9 Å². The average molecular weight is 274 g/mol. The maximum absolute atomic E-state index is 11.8. The fourth-order valence-corrected chi connectivity index (χ4v) is 1.68. The summed E-state index contributed by atoms with van der Waals surface area (Å²) in [6.07, 6.45) is -5.46. The van der Waals surface area contributed by atoms with Crippen molar-refractivity contribution in [1.29, 1.82) is 0 Å². The maximum atomic E-state index is 11.8. The summed E-state index contributed by atoms with van der Waals surface area (Å²) in [5.41, 5.74) is 0.138. The number of carbonyl (C=O) groups is 1. The molecule has 0 aromatic carbocycles. The van der Waals surface area contributed by atoms with Gasteiger partial charge in [0.25, 0.3) is 0 Å². The van der Waals surface area contributed by atoms with Crippen LogP contribution >= 0.6 is 27.3 Å². The Bertz CT molecular complexity index is 322. The lowest BCUT2D eigenvalue weighted by Crippen LogP contribution is -2.24. The third-order valence-corrected chi connectivity index (χ3v) is 2.60. The van der Waals surface area contributed by atoms with E-state index in [2.05, 4.69) is 20.9 Å². The van der Waals surface area contributed by atoms with E-state index in [-0.39, 0.29) is 5.69 Å². The molecule has 0 spiro atoms. The van der Waals surface area contributed by atoms with E-state index >= 15 is 0 Å². The summed E-state index contributed by atoms with van der Waals surface area (Å²) in [4.78, 5) is 14.1. The lowest BCUT2D eigenvalue weighted by atomic mass is 10.2. The number of hydrogen-bond acceptors (Lipinski definition) is 3. The molecule has 1 aromatic heterocycles. The van der Waals surface area contributed by atoms with Gasteiger partial charge < -0.3 is 0 Å². The second-order valence-electron chi connectivity index (χ2n) is 2.19. The van der Waals surface area contributed by atoms with Gasteiger partial charge >= 0.3 is 6.18 Å². The van der Waals surface area contributed by atoms with Crippen LogP contribution in [0.4, 0.5) is 13.2 Å². The van der Waals surface area contributed by atoms with Crippen LogP contribution in [-0.2, 0) is 11.2 Å². The molecular formula is C6H3BrF3NOS. The van der Waals surface area contributed by atoms with Crippen molar-refractivity contribution in [3.63, 3.8) is 0 Å². The minimum absolute atomic E-state index is 0.138. The number of thiazole rings is 1. The first-order valence-electron chi connectivity index (χ1n) is 3.09. The predicted octanol–water partition coefficient (Wildman–Crippen LogP) is 2.58. The number of nitrogens with zero attached hydrogens (tertiary/aromatic N) is 1. The summed E-state index contributed by atoms with van der Waals surface area (Å²) in [6.45, 7) is 0. The Labute approximate surface area is 83.9 Å². The van der Waals surface area contributed by atoms with Gasteiger partial charge in [0.15, 0.2) is 3.92 Å². The van der Waals surface area contributed by atoms with Gasteiger partial charge in [-0.1, -0.05) is 0 Å². The van der Waals surface area contributed by atoms with Crippen molar-refractivity contribution >= 4 is 33.0 Å². The van der Waals surface area contributed by atoms with Crippen molar-refractivity contribution in [3.8, 4) is 0 Å². The van der Waals surface area contributed by atoms with E-state index in [9.17, 15) is 18.0 Å². The van der Waals surface area contributed by atoms with Crippen molar-refractivity contribution in [2.24, 2.45) is 0 Å². The maximum Gasteiger partial charge on any atom is 0.450 e. The van der Waals surface area contributed by atoms with Crippen molar-refractivity contribution in [2.45, 2.75) is 12.6 Å². The van der Waals surface area contributed by atoms with E-state index in [4.69, 9.17) is 0 Å². The van der Waals surface area contributed by atoms with E-state index in [0.29, 0.717) is 3.92 Å². The second kappa shape index (κ2) is 3.75. The van der Waals surface area contributed by atoms with Gasteiger partial charge in [0.2, 0.25) is 5.78 Å². The van der Waals surface area contributed by atoms with Crippen LogP contribution in [0.5, 0.6) is 0 Å². The molecule has 0 unspecified atom stereocenters. The van der Waals surface area contributed by atoms with Crippen LogP contribution in [0, 0.1) is 0 Å². The van der Waals surface area contributed by atoms with E-state index < -0.39 is 18.4 Å². The highest BCUT2D eigenvalue weighted by Crippen LogP contribution is 2.21. The first-order chi connectivity index (χ1) is 5.89. The van der Waals surface area contributed by atoms with Gasteiger partial charge in [-0.25, -0.2) is 4.98 Å². The zero-order valence-corrected chi connectivity index (χ0v) is 8.46. The standard InChI is InChI=1S/C6H3BrF3NOS/c7-5-11-3(2-13-5)1-4(12)6(8,9)10/h2H,1H2. The van der Waals surface area contributed by atoms with Crippen LogP contribution in [0.3, 0.4) is 0 Å². The third-order valence-electron chi connectivity index (χ3n) is 1.18. The lowest BCUT2D eigenvalue weighted by molar-refractivity contribution is -0.170. The molecule has 0 atom stereocenters. The van der Waals surface area contributed by atoms with Gasteiger partial charge in [0.05, 0.1) is 12.1 Å². The molecule has 0 bridgehead atoms.